The molecule has 0 aliphatic carbocycles. The maximum absolute atomic E-state index is 13.2. The normalized spacial score (nSPS) is 14.0. The van der Waals surface area contributed by atoms with E-state index in [9.17, 15) is 4.79 Å². The fourth-order valence-electron chi connectivity index (χ4n) is 4.80. The summed E-state index contributed by atoms with van der Waals surface area (Å²) in [5, 5.41) is 2.25. The molecule has 0 radical (unpaired) electrons. The molecule has 34 heavy (non-hydrogen) atoms. The highest BCUT2D eigenvalue weighted by atomic mass is 16.2. The molecule has 0 saturated carbocycles. The van der Waals surface area contributed by atoms with Crippen molar-refractivity contribution in [3.63, 3.8) is 0 Å². The lowest BCUT2D eigenvalue weighted by atomic mass is 10.1. The van der Waals surface area contributed by atoms with Crippen molar-refractivity contribution in [1.29, 1.82) is 0 Å². The van der Waals surface area contributed by atoms with Crippen LogP contribution in [0.25, 0.3) is 22.2 Å². The second-order valence-corrected chi connectivity index (χ2v) is 9.00. The van der Waals surface area contributed by atoms with Crippen LogP contribution in [0.1, 0.15) is 34.1 Å². The number of hydrogen-bond donors (Lipinski definition) is 0. The van der Waals surface area contributed by atoms with Crippen molar-refractivity contribution in [1.82, 2.24) is 14.9 Å². The van der Waals surface area contributed by atoms with Crippen molar-refractivity contribution in [3.05, 3.63) is 89.1 Å². The molecular weight excluding hydrogens is 420 g/mol. The standard InChI is InChI=1S/C29H30N4O/c1-4-26-21(3)30-27(24-11-7-8-20(2)18-24)31-28(26)32-14-16-33(17-15-32)29(34)25-13-12-22-9-5-6-10-23(22)19-25/h5-13,18-19H,4,14-17H2,1-3H3. The average molecular weight is 451 g/mol. The molecule has 1 amide bonds. The molecule has 0 atom stereocenters. The van der Waals surface area contributed by atoms with E-state index in [-0.39, 0.29) is 5.91 Å². The molecule has 172 valence electrons. The quantitative estimate of drug-likeness (QED) is 0.416. The summed E-state index contributed by atoms with van der Waals surface area (Å²) in [6.07, 6.45) is 0.880. The Hall–Kier alpha value is -3.73. The fraction of sp³-hybridized carbons (Fsp3) is 0.276. The SMILES string of the molecule is CCc1c(C)nc(-c2cccc(C)c2)nc1N1CCN(C(=O)c2ccc3ccccc3c2)CC1. The molecule has 3 aromatic carbocycles. The zero-order chi connectivity index (χ0) is 23.7. The van der Waals surface area contributed by atoms with Crippen LogP contribution in [0.5, 0.6) is 0 Å². The highest BCUT2D eigenvalue weighted by molar-refractivity contribution is 5.98. The van der Waals surface area contributed by atoms with Crippen molar-refractivity contribution in [2.24, 2.45) is 0 Å². The van der Waals surface area contributed by atoms with Gasteiger partial charge in [0.2, 0.25) is 0 Å². The average Bonchev–Trinajstić information content (AvgIpc) is 2.87. The molecule has 0 unspecified atom stereocenters. The number of aryl methyl sites for hydroxylation is 2. The van der Waals surface area contributed by atoms with Crippen LogP contribution < -0.4 is 4.90 Å². The summed E-state index contributed by atoms with van der Waals surface area (Å²) in [6, 6.07) is 22.5. The largest absolute Gasteiger partial charge is 0.353 e. The molecule has 1 saturated heterocycles. The van der Waals surface area contributed by atoms with Gasteiger partial charge >= 0.3 is 0 Å². The Morgan fingerprint density at radius 3 is 2.35 bits per heavy atom. The van der Waals surface area contributed by atoms with Crippen molar-refractivity contribution in [2.45, 2.75) is 27.2 Å². The van der Waals surface area contributed by atoms with E-state index in [2.05, 4.69) is 56.0 Å². The molecule has 5 heteroatoms. The second kappa shape index (κ2) is 9.26. The Labute approximate surface area is 201 Å². The molecule has 4 aromatic rings. The van der Waals surface area contributed by atoms with Gasteiger partial charge in [-0.05, 0) is 49.2 Å². The summed E-state index contributed by atoms with van der Waals surface area (Å²) in [7, 11) is 0. The number of rotatable bonds is 4. The second-order valence-electron chi connectivity index (χ2n) is 9.00. The lowest BCUT2D eigenvalue weighted by molar-refractivity contribution is 0.0746. The van der Waals surface area contributed by atoms with E-state index in [1.807, 2.05) is 41.3 Å². The highest BCUT2D eigenvalue weighted by Crippen LogP contribution is 2.27. The number of amides is 1. The fourth-order valence-corrected chi connectivity index (χ4v) is 4.80. The van der Waals surface area contributed by atoms with Gasteiger partial charge in [0.25, 0.3) is 5.91 Å². The first-order valence-electron chi connectivity index (χ1n) is 12.0. The van der Waals surface area contributed by atoms with E-state index in [0.29, 0.717) is 13.1 Å². The van der Waals surface area contributed by atoms with Gasteiger partial charge in [-0.3, -0.25) is 4.79 Å². The molecule has 5 nitrogen and oxygen atoms in total. The summed E-state index contributed by atoms with van der Waals surface area (Å²) in [4.78, 5) is 27.3. The summed E-state index contributed by atoms with van der Waals surface area (Å²) < 4.78 is 0. The van der Waals surface area contributed by atoms with Gasteiger partial charge in [0, 0.05) is 48.6 Å². The highest BCUT2D eigenvalue weighted by Gasteiger charge is 2.25. The zero-order valence-electron chi connectivity index (χ0n) is 20.1. The van der Waals surface area contributed by atoms with Crippen LogP contribution in [-0.2, 0) is 6.42 Å². The molecule has 0 N–H and O–H groups in total. The van der Waals surface area contributed by atoms with Crippen molar-refractivity contribution >= 4 is 22.5 Å². The Kier molecular flexibility index (Phi) is 6.01. The topological polar surface area (TPSA) is 49.3 Å². The van der Waals surface area contributed by atoms with Crippen molar-refractivity contribution in [3.8, 4) is 11.4 Å². The number of benzene rings is 3. The van der Waals surface area contributed by atoms with Crippen LogP contribution in [0.15, 0.2) is 66.7 Å². The Balaban J connectivity index is 1.37. The number of fused-ring (bicyclic) bond motifs is 1. The smallest absolute Gasteiger partial charge is 0.253 e. The van der Waals surface area contributed by atoms with Gasteiger partial charge in [-0.15, -0.1) is 0 Å². The van der Waals surface area contributed by atoms with Crippen LogP contribution in [0.3, 0.4) is 0 Å². The Morgan fingerprint density at radius 1 is 0.853 bits per heavy atom. The summed E-state index contributed by atoms with van der Waals surface area (Å²) >= 11 is 0. The molecule has 1 aromatic heterocycles. The van der Waals surface area contributed by atoms with Gasteiger partial charge in [0.1, 0.15) is 5.82 Å². The molecule has 5 rings (SSSR count). The number of aromatic nitrogens is 2. The first-order chi connectivity index (χ1) is 16.5. The summed E-state index contributed by atoms with van der Waals surface area (Å²) in [5.74, 6) is 1.87. The summed E-state index contributed by atoms with van der Waals surface area (Å²) in [6.45, 7) is 9.19. The predicted octanol–water partition coefficient (Wildman–Crippen LogP) is 5.44. The number of anilines is 1. The van der Waals surface area contributed by atoms with E-state index in [1.54, 1.807) is 0 Å². The molecular formula is C29H30N4O. The zero-order valence-corrected chi connectivity index (χ0v) is 20.1. The van der Waals surface area contributed by atoms with Crippen LogP contribution in [0.2, 0.25) is 0 Å². The van der Waals surface area contributed by atoms with Crippen molar-refractivity contribution in [2.75, 3.05) is 31.1 Å². The Bertz CT molecular complexity index is 1360. The van der Waals surface area contributed by atoms with Crippen molar-refractivity contribution < 1.29 is 4.79 Å². The van der Waals surface area contributed by atoms with Crippen LogP contribution in [0.4, 0.5) is 5.82 Å². The lowest BCUT2D eigenvalue weighted by Crippen LogP contribution is -2.49. The third-order valence-electron chi connectivity index (χ3n) is 6.68. The van der Waals surface area contributed by atoms with Gasteiger partial charge in [-0.2, -0.15) is 0 Å². The molecule has 1 fully saturated rings. The maximum Gasteiger partial charge on any atom is 0.253 e. The van der Waals surface area contributed by atoms with E-state index in [0.717, 1.165) is 58.7 Å². The van der Waals surface area contributed by atoms with Crippen LogP contribution in [0, 0.1) is 13.8 Å². The monoisotopic (exact) mass is 450 g/mol. The van der Waals surface area contributed by atoms with Gasteiger partial charge < -0.3 is 9.80 Å². The molecule has 1 aliphatic rings. The van der Waals surface area contributed by atoms with Crippen LogP contribution in [-0.4, -0.2) is 47.0 Å². The van der Waals surface area contributed by atoms with Gasteiger partial charge in [0.05, 0.1) is 0 Å². The molecule has 2 heterocycles. The molecule has 0 spiro atoms. The minimum absolute atomic E-state index is 0.0976. The first-order valence-corrected chi connectivity index (χ1v) is 12.0. The number of nitrogens with zero attached hydrogens (tertiary/aromatic N) is 4. The number of carbonyl (C=O) groups is 1. The third kappa shape index (κ3) is 4.26. The van der Waals surface area contributed by atoms with Gasteiger partial charge in [0.15, 0.2) is 5.82 Å². The van der Waals surface area contributed by atoms with E-state index >= 15 is 0 Å². The van der Waals surface area contributed by atoms with Crippen LogP contribution >= 0.6 is 0 Å². The molecule has 0 bridgehead atoms. The van der Waals surface area contributed by atoms with E-state index < -0.39 is 0 Å². The molecule has 1 aliphatic heterocycles. The third-order valence-corrected chi connectivity index (χ3v) is 6.68. The van der Waals surface area contributed by atoms with Gasteiger partial charge in [-0.25, -0.2) is 9.97 Å². The minimum atomic E-state index is 0.0976. The number of hydrogen-bond acceptors (Lipinski definition) is 4. The van der Waals surface area contributed by atoms with E-state index in [1.165, 1.54) is 11.1 Å². The minimum Gasteiger partial charge on any atom is -0.353 e. The van der Waals surface area contributed by atoms with E-state index in [4.69, 9.17) is 9.97 Å². The lowest BCUT2D eigenvalue weighted by Gasteiger charge is -2.36. The number of carbonyl (C=O) groups excluding carboxylic acids is 1. The first kappa shape index (κ1) is 22.1. The van der Waals surface area contributed by atoms with Gasteiger partial charge in [-0.1, -0.05) is 61.0 Å². The number of piperazine rings is 1. The maximum atomic E-state index is 13.2. The summed E-state index contributed by atoms with van der Waals surface area (Å²) in [5.41, 5.74) is 5.20. The predicted molar refractivity (Wildman–Crippen MR) is 138 cm³/mol. The Morgan fingerprint density at radius 2 is 1.62 bits per heavy atom.